The fourth-order valence-electron chi connectivity index (χ4n) is 5.16. The second-order valence-corrected chi connectivity index (χ2v) is 11.0. The molecule has 3 fully saturated rings. The van der Waals surface area contributed by atoms with Crippen LogP contribution in [0.3, 0.4) is 0 Å². The third kappa shape index (κ3) is 5.24. The highest BCUT2D eigenvalue weighted by atomic mass is 32.2. The van der Waals surface area contributed by atoms with Gasteiger partial charge in [0.25, 0.3) is 0 Å². The van der Waals surface area contributed by atoms with Crippen molar-refractivity contribution in [1.82, 2.24) is 9.62 Å². The number of hydrogen-bond donors (Lipinski definition) is 1. The Bertz CT molecular complexity index is 817. The van der Waals surface area contributed by atoms with Crippen LogP contribution in [0.5, 0.6) is 0 Å². The van der Waals surface area contributed by atoms with E-state index in [2.05, 4.69) is 35.1 Å². The molecule has 1 amide bonds. The first-order valence-corrected chi connectivity index (χ1v) is 13.2. The molecule has 1 heterocycles. The summed E-state index contributed by atoms with van der Waals surface area (Å²) in [5.41, 5.74) is 1.40. The third-order valence-electron chi connectivity index (χ3n) is 7.10. The van der Waals surface area contributed by atoms with Gasteiger partial charge in [0, 0.05) is 18.5 Å². The van der Waals surface area contributed by atoms with Gasteiger partial charge in [-0.15, -0.1) is 0 Å². The summed E-state index contributed by atoms with van der Waals surface area (Å²) < 4.78 is 32.7. The van der Waals surface area contributed by atoms with Crippen LogP contribution in [0.4, 0.5) is 0 Å². The van der Waals surface area contributed by atoms with E-state index in [1.54, 1.807) is 0 Å². The van der Waals surface area contributed by atoms with Gasteiger partial charge < -0.3 is 9.64 Å². The Kier molecular flexibility index (Phi) is 6.80. The van der Waals surface area contributed by atoms with E-state index in [1.807, 2.05) is 4.90 Å². The number of carbonyl (C=O) groups excluding carboxylic acids is 1. The second-order valence-electron chi connectivity index (χ2n) is 9.23. The van der Waals surface area contributed by atoms with Crippen LogP contribution in [-0.2, 0) is 19.6 Å². The third-order valence-corrected chi connectivity index (χ3v) is 7.83. The largest absolute Gasteiger partial charge is 0.376 e. The van der Waals surface area contributed by atoms with E-state index in [1.165, 1.54) is 11.8 Å². The molecule has 7 heteroatoms. The van der Waals surface area contributed by atoms with Gasteiger partial charge in [-0.2, -0.15) is 0 Å². The van der Waals surface area contributed by atoms with Crippen LogP contribution in [0.2, 0.25) is 0 Å². The SMILES string of the molecule is CS(=O)(=O)N[C@H]1CCN(C(=O)C2CCC2)[C@H]1CO[C@H]1CC[C@@H](c2ccccc2)CC1. The minimum absolute atomic E-state index is 0.116. The minimum Gasteiger partial charge on any atom is -0.376 e. The van der Waals surface area contributed by atoms with Gasteiger partial charge in [0.1, 0.15) is 0 Å². The highest BCUT2D eigenvalue weighted by molar-refractivity contribution is 7.88. The summed E-state index contributed by atoms with van der Waals surface area (Å²) in [4.78, 5) is 14.8. The number of nitrogens with one attached hydrogen (secondary N) is 1. The van der Waals surface area contributed by atoms with Crippen molar-refractivity contribution in [2.45, 2.75) is 75.5 Å². The molecule has 30 heavy (non-hydrogen) atoms. The maximum atomic E-state index is 12.9. The molecule has 2 atom stereocenters. The van der Waals surface area contributed by atoms with Gasteiger partial charge in [-0.05, 0) is 56.4 Å². The van der Waals surface area contributed by atoms with Crippen molar-refractivity contribution in [2.75, 3.05) is 19.4 Å². The maximum Gasteiger partial charge on any atom is 0.226 e. The summed E-state index contributed by atoms with van der Waals surface area (Å²) in [7, 11) is -3.33. The van der Waals surface area contributed by atoms with E-state index in [0.717, 1.165) is 44.9 Å². The summed E-state index contributed by atoms with van der Waals surface area (Å²) in [6.45, 7) is 1.02. The molecule has 166 valence electrons. The van der Waals surface area contributed by atoms with Gasteiger partial charge in [0.2, 0.25) is 15.9 Å². The van der Waals surface area contributed by atoms with Gasteiger partial charge in [-0.25, -0.2) is 13.1 Å². The predicted molar refractivity (Wildman–Crippen MR) is 117 cm³/mol. The van der Waals surface area contributed by atoms with Crippen LogP contribution in [0.15, 0.2) is 30.3 Å². The summed E-state index contributed by atoms with van der Waals surface area (Å²) >= 11 is 0. The van der Waals surface area contributed by atoms with Gasteiger partial charge in [0.05, 0.1) is 25.0 Å². The van der Waals surface area contributed by atoms with Gasteiger partial charge >= 0.3 is 0 Å². The van der Waals surface area contributed by atoms with Crippen molar-refractivity contribution in [3.8, 4) is 0 Å². The van der Waals surface area contributed by atoms with Crippen LogP contribution in [0, 0.1) is 5.92 Å². The number of hydrogen-bond acceptors (Lipinski definition) is 4. The molecule has 2 saturated carbocycles. The van der Waals surface area contributed by atoms with Crippen molar-refractivity contribution in [3.05, 3.63) is 35.9 Å². The van der Waals surface area contributed by atoms with E-state index >= 15 is 0 Å². The van der Waals surface area contributed by atoms with E-state index < -0.39 is 10.0 Å². The summed E-state index contributed by atoms with van der Waals surface area (Å²) in [5.74, 6) is 0.889. The Labute approximate surface area is 180 Å². The Balaban J connectivity index is 1.34. The molecule has 1 saturated heterocycles. The topological polar surface area (TPSA) is 75.7 Å². The normalized spacial score (nSPS) is 30.2. The number of benzene rings is 1. The van der Waals surface area contributed by atoms with Crippen molar-refractivity contribution in [2.24, 2.45) is 5.92 Å². The lowest BCUT2D eigenvalue weighted by Crippen LogP contribution is -2.51. The lowest BCUT2D eigenvalue weighted by atomic mass is 9.83. The number of carbonyl (C=O) groups is 1. The summed E-state index contributed by atoms with van der Waals surface area (Å²) in [6.07, 6.45) is 9.27. The van der Waals surface area contributed by atoms with Crippen molar-refractivity contribution >= 4 is 15.9 Å². The van der Waals surface area contributed by atoms with Crippen LogP contribution in [0.25, 0.3) is 0 Å². The Hall–Kier alpha value is -1.44. The molecule has 1 aromatic rings. The number of amides is 1. The molecule has 2 aliphatic carbocycles. The molecule has 3 aliphatic rings. The first-order valence-electron chi connectivity index (χ1n) is 11.3. The van der Waals surface area contributed by atoms with E-state index in [4.69, 9.17) is 4.74 Å². The fourth-order valence-corrected chi connectivity index (χ4v) is 5.98. The zero-order chi connectivity index (χ0) is 21.1. The summed E-state index contributed by atoms with van der Waals surface area (Å²) in [6, 6.07) is 10.2. The first-order chi connectivity index (χ1) is 14.4. The number of sulfonamides is 1. The van der Waals surface area contributed by atoms with Crippen molar-refractivity contribution < 1.29 is 17.9 Å². The molecule has 0 unspecified atom stereocenters. The maximum absolute atomic E-state index is 12.9. The number of rotatable bonds is 7. The van der Waals surface area contributed by atoms with Crippen LogP contribution < -0.4 is 4.72 Å². The molecule has 0 spiro atoms. The lowest BCUT2D eigenvalue weighted by molar-refractivity contribution is -0.141. The number of likely N-dealkylation sites (tertiary alicyclic amines) is 1. The van der Waals surface area contributed by atoms with Gasteiger partial charge in [-0.3, -0.25) is 4.79 Å². The molecule has 1 aromatic carbocycles. The van der Waals surface area contributed by atoms with Crippen molar-refractivity contribution in [3.63, 3.8) is 0 Å². The molecular formula is C23H34N2O4S. The molecular weight excluding hydrogens is 400 g/mol. The molecule has 1 N–H and O–H groups in total. The molecule has 0 aromatic heterocycles. The van der Waals surface area contributed by atoms with Crippen LogP contribution in [0.1, 0.15) is 62.8 Å². The smallest absolute Gasteiger partial charge is 0.226 e. The summed E-state index contributed by atoms with van der Waals surface area (Å²) in [5, 5.41) is 0. The Morgan fingerprint density at radius 1 is 1.07 bits per heavy atom. The highest BCUT2D eigenvalue weighted by Gasteiger charge is 2.42. The molecule has 1 aliphatic heterocycles. The van der Waals surface area contributed by atoms with Crippen LogP contribution >= 0.6 is 0 Å². The number of ether oxygens (including phenoxy) is 1. The van der Waals surface area contributed by atoms with Gasteiger partial charge in [-0.1, -0.05) is 36.8 Å². The van der Waals surface area contributed by atoms with E-state index in [-0.39, 0.29) is 30.0 Å². The van der Waals surface area contributed by atoms with E-state index in [0.29, 0.717) is 25.5 Å². The first kappa shape index (κ1) is 21.8. The Morgan fingerprint density at radius 2 is 1.77 bits per heavy atom. The Morgan fingerprint density at radius 3 is 2.37 bits per heavy atom. The average molecular weight is 435 g/mol. The predicted octanol–water partition coefficient (Wildman–Crippen LogP) is 3.05. The van der Waals surface area contributed by atoms with E-state index in [9.17, 15) is 13.2 Å². The molecule has 6 nitrogen and oxygen atoms in total. The lowest BCUT2D eigenvalue weighted by Gasteiger charge is -2.35. The molecule has 0 bridgehead atoms. The highest BCUT2D eigenvalue weighted by Crippen LogP contribution is 2.35. The molecule has 4 rings (SSSR count). The second kappa shape index (κ2) is 9.37. The minimum atomic E-state index is -3.33. The number of nitrogens with zero attached hydrogens (tertiary/aromatic N) is 1. The standard InChI is InChI=1S/C23H34N2O4S/c1-30(27,28)24-21-14-15-25(23(26)19-8-5-9-19)22(21)16-29-20-12-10-18(11-13-20)17-6-3-2-4-7-17/h2-4,6-7,18-22,24H,5,8-16H2,1H3/t18-,20+,21-,22-/m0/s1. The zero-order valence-corrected chi connectivity index (χ0v) is 18.6. The average Bonchev–Trinajstić information content (AvgIpc) is 3.07. The van der Waals surface area contributed by atoms with Crippen LogP contribution in [-0.4, -0.2) is 56.8 Å². The van der Waals surface area contributed by atoms with Crippen molar-refractivity contribution in [1.29, 1.82) is 0 Å². The monoisotopic (exact) mass is 434 g/mol. The quantitative estimate of drug-likeness (QED) is 0.716. The molecule has 0 radical (unpaired) electrons. The van der Waals surface area contributed by atoms with Gasteiger partial charge in [0.15, 0.2) is 0 Å². The fraction of sp³-hybridized carbons (Fsp3) is 0.696. The zero-order valence-electron chi connectivity index (χ0n) is 17.8.